The summed E-state index contributed by atoms with van der Waals surface area (Å²) in [5, 5.41) is 1.69. The summed E-state index contributed by atoms with van der Waals surface area (Å²) in [5.74, 6) is 0. The van der Waals surface area contributed by atoms with Crippen molar-refractivity contribution in [3.63, 3.8) is 0 Å². The first-order valence-electron chi connectivity index (χ1n) is 8.81. The number of hydrogen-bond donors (Lipinski definition) is 0. The molecule has 1 fully saturated rings. The lowest BCUT2D eigenvalue weighted by atomic mass is 10.0. The number of thioether (sulfide) groups is 1. The van der Waals surface area contributed by atoms with E-state index in [4.69, 9.17) is 4.99 Å². The lowest BCUT2D eigenvalue weighted by Crippen LogP contribution is -2.30. The Bertz CT molecular complexity index is 937. The van der Waals surface area contributed by atoms with E-state index in [2.05, 4.69) is 56.8 Å². The van der Waals surface area contributed by atoms with Gasteiger partial charge in [-0.2, -0.15) is 0 Å². The molecule has 130 valence electrons. The predicted molar refractivity (Wildman–Crippen MR) is 104 cm³/mol. The van der Waals surface area contributed by atoms with E-state index >= 15 is 0 Å². The molecule has 5 rings (SSSR count). The summed E-state index contributed by atoms with van der Waals surface area (Å²) >= 11 is 1.86. The van der Waals surface area contributed by atoms with Crippen LogP contribution in [0.4, 0.5) is 0 Å². The fourth-order valence-corrected chi connectivity index (χ4v) is 4.90. The smallest absolute Gasteiger partial charge is 0.160 e. The maximum absolute atomic E-state index is 5.06. The highest BCUT2D eigenvalue weighted by Gasteiger charge is 2.44. The monoisotopic (exact) mass is 361 g/mol. The molecule has 0 radical (unpaired) electrons. The van der Waals surface area contributed by atoms with Gasteiger partial charge in [-0.3, -0.25) is 15.0 Å². The Hall–Kier alpha value is -2.60. The van der Waals surface area contributed by atoms with Crippen molar-refractivity contribution in [1.82, 2.24) is 19.4 Å². The summed E-state index contributed by atoms with van der Waals surface area (Å²) in [6, 6.07) is 14.6. The molecule has 0 aromatic carbocycles. The molecule has 2 aliphatic rings. The van der Waals surface area contributed by atoms with Gasteiger partial charge < -0.3 is 9.47 Å². The Labute approximate surface area is 156 Å². The van der Waals surface area contributed by atoms with Crippen LogP contribution >= 0.6 is 11.8 Å². The van der Waals surface area contributed by atoms with Crippen molar-refractivity contribution in [1.29, 1.82) is 0 Å². The number of rotatable bonds is 3. The van der Waals surface area contributed by atoms with E-state index in [-0.39, 0.29) is 12.1 Å². The predicted octanol–water partition coefficient (Wildman–Crippen LogP) is 3.86. The topological polar surface area (TPSA) is 46.3 Å². The zero-order valence-corrected chi connectivity index (χ0v) is 15.3. The Kier molecular flexibility index (Phi) is 3.78. The van der Waals surface area contributed by atoms with Crippen LogP contribution in [0.25, 0.3) is 5.69 Å². The third-order valence-corrected chi connectivity index (χ3v) is 5.99. The van der Waals surface area contributed by atoms with Crippen LogP contribution in [0.1, 0.15) is 30.4 Å². The van der Waals surface area contributed by atoms with Crippen molar-refractivity contribution < 1.29 is 0 Å². The minimum absolute atomic E-state index is 0.0107. The molecule has 26 heavy (non-hydrogen) atoms. The molecule has 5 nitrogen and oxygen atoms in total. The highest BCUT2D eigenvalue weighted by atomic mass is 32.2. The maximum Gasteiger partial charge on any atom is 0.160 e. The highest BCUT2D eigenvalue weighted by molar-refractivity contribution is 8.14. The largest absolute Gasteiger partial charge is 0.339 e. The molecule has 3 aromatic heterocycles. The van der Waals surface area contributed by atoms with E-state index in [0.29, 0.717) is 5.25 Å². The summed E-state index contributed by atoms with van der Waals surface area (Å²) in [5.41, 5.74) is 3.31. The van der Waals surface area contributed by atoms with Crippen LogP contribution in [0, 0.1) is 0 Å². The molecule has 0 N–H and O–H groups in total. The van der Waals surface area contributed by atoms with Crippen LogP contribution in [0.3, 0.4) is 0 Å². The van der Waals surface area contributed by atoms with E-state index in [9.17, 15) is 0 Å². The van der Waals surface area contributed by atoms with Crippen LogP contribution in [0.15, 0.2) is 72.2 Å². The second-order valence-electron chi connectivity index (χ2n) is 6.65. The molecule has 2 aliphatic heterocycles. The van der Waals surface area contributed by atoms with Gasteiger partial charge in [0.15, 0.2) is 5.17 Å². The van der Waals surface area contributed by atoms with Crippen LogP contribution in [-0.4, -0.2) is 36.4 Å². The van der Waals surface area contributed by atoms with Crippen molar-refractivity contribution in [2.75, 3.05) is 6.54 Å². The number of hydrogen-bond acceptors (Lipinski definition) is 5. The normalized spacial score (nSPS) is 24.6. The van der Waals surface area contributed by atoms with Crippen LogP contribution in [-0.2, 0) is 0 Å². The van der Waals surface area contributed by atoms with Gasteiger partial charge in [0.05, 0.1) is 23.6 Å². The van der Waals surface area contributed by atoms with Gasteiger partial charge in [-0.05, 0) is 36.4 Å². The minimum Gasteiger partial charge on any atom is -0.339 e. The van der Waals surface area contributed by atoms with Crippen LogP contribution in [0.2, 0.25) is 0 Å². The first-order chi connectivity index (χ1) is 12.8. The van der Waals surface area contributed by atoms with Gasteiger partial charge in [0, 0.05) is 36.1 Å². The minimum atomic E-state index is 0.0107. The van der Waals surface area contributed by atoms with E-state index in [1.807, 2.05) is 42.4 Å². The van der Waals surface area contributed by atoms with Gasteiger partial charge in [-0.15, -0.1) is 0 Å². The van der Waals surface area contributed by atoms with Gasteiger partial charge in [0.1, 0.15) is 6.04 Å². The molecule has 3 aromatic rings. The third-order valence-electron chi connectivity index (χ3n) is 4.89. The number of aromatic nitrogens is 3. The Morgan fingerprint density at radius 1 is 1.08 bits per heavy atom. The molecule has 0 saturated carbocycles. The van der Waals surface area contributed by atoms with Crippen molar-refractivity contribution in [3.8, 4) is 5.69 Å². The van der Waals surface area contributed by atoms with Gasteiger partial charge >= 0.3 is 0 Å². The summed E-state index contributed by atoms with van der Waals surface area (Å²) in [6.07, 6.45) is 7.66. The quantitative estimate of drug-likeness (QED) is 0.711. The van der Waals surface area contributed by atoms with E-state index in [0.717, 1.165) is 23.1 Å². The lowest BCUT2D eigenvalue weighted by molar-refractivity contribution is 0.312. The fraction of sp³-hybridized carbons (Fsp3) is 0.250. The second kappa shape index (κ2) is 6.29. The zero-order valence-electron chi connectivity index (χ0n) is 14.4. The van der Waals surface area contributed by atoms with Gasteiger partial charge in [0.25, 0.3) is 0 Å². The molecule has 5 heterocycles. The Balaban J connectivity index is 1.62. The molecule has 6 heteroatoms. The zero-order chi connectivity index (χ0) is 17.5. The fourth-order valence-electron chi connectivity index (χ4n) is 3.80. The van der Waals surface area contributed by atoms with Crippen LogP contribution in [0.5, 0.6) is 0 Å². The molecular weight excluding hydrogens is 342 g/mol. The number of aliphatic imine (C=N–C) groups is 1. The van der Waals surface area contributed by atoms with Gasteiger partial charge in [0.2, 0.25) is 0 Å². The van der Waals surface area contributed by atoms with E-state index in [1.54, 1.807) is 6.20 Å². The first kappa shape index (κ1) is 15.6. The first-order valence-corrected chi connectivity index (χ1v) is 9.69. The summed E-state index contributed by atoms with van der Waals surface area (Å²) in [4.78, 5) is 16.4. The number of nitrogens with zero attached hydrogens (tertiary/aromatic N) is 5. The van der Waals surface area contributed by atoms with Crippen molar-refractivity contribution >= 4 is 16.9 Å². The van der Waals surface area contributed by atoms with E-state index in [1.165, 1.54) is 5.69 Å². The van der Waals surface area contributed by atoms with Gasteiger partial charge in [-0.25, -0.2) is 0 Å². The summed E-state index contributed by atoms with van der Waals surface area (Å²) in [7, 11) is 0. The maximum atomic E-state index is 5.06. The molecule has 1 saturated heterocycles. The summed E-state index contributed by atoms with van der Waals surface area (Å²) < 4.78 is 2.22. The van der Waals surface area contributed by atoms with Gasteiger partial charge in [-0.1, -0.05) is 24.8 Å². The third kappa shape index (κ3) is 2.52. The van der Waals surface area contributed by atoms with E-state index < -0.39 is 0 Å². The lowest BCUT2D eigenvalue weighted by Gasteiger charge is -2.28. The SMILES string of the molecule is C[C@@H]1CN2C(=N[C@H](c3ccccn3)[C@@H]2c2cccn2-c2cccnc2)S1. The molecule has 0 unspecified atom stereocenters. The average Bonchev–Trinajstić information content (AvgIpc) is 3.37. The van der Waals surface area contributed by atoms with Crippen molar-refractivity contribution in [2.45, 2.75) is 24.3 Å². The number of amidine groups is 1. The Morgan fingerprint density at radius 2 is 2.04 bits per heavy atom. The second-order valence-corrected chi connectivity index (χ2v) is 8.06. The number of fused-ring (bicyclic) bond motifs is 1. The molecule has 0 aliphatic carbocycles. The molecular formula is C20H19N5S. The molecule has 0 amide bonds. The molecule has 3 atom stereocenters. The number of pyridine rings is 2. The summed E-state index contributed by atoms with van der Waals surface area (Å²) in [6.45, 7) is 3.27. The average molecular weight is 361 g/mol. The highest BCUT2D eigenvalue weighted by Crippen LogP contribution is 2.47. The standard InChI is InChI=1S/C20H19N5S/c1-14-13-25-19(17-8-5-11-24(17)15-6-4-9-21-12-15)18(23-20(25)26-14)16-7-2-3-10-22-16/h2-12,14,18-19H,13H2,1H3/t14-,18-,19+/m1/s1. The van der Waals surface area contributed by atoms with Crippen LogP contribution < -0.4 is 0 Å². The van der Waals surface area contributed by atoms with Crippen molar-refractivity contribution in [3.05, 3.63) is 78.6 Å². The Morgan fingerprint density at radius 3 is 2.85 bits per heavy atom. The molecule has 0 spiro atoms. The van der Waals surface area contributed by atoms with Crippen molar-refractivity contribution in [2.24, 2.45) is 4.99 Å². The molecule has 0 bridgehead atoms.